The normalized spacial score (nSPS) is 12.2. The molecule has 0 aliphatic rings. The van der Waals surface area contributed by atoms with E-state index in [2.05, 4.69) is 44.0 Å². The van der Waals surface area contributed by atoms with Gasteiger partial charge in [-0.2, -0.15) is 10.5 Å². The summed E-state index contributed by atoms with van der Waals surface area (Å²) < 4.78 is 26.1. The van der Waals surface area contributed by atoms with Gasteiger partial charge < -0.3 is 18.3 Å². The molecule has 0 atom stereocenters. The van der Waals surface area contributed by atoms with E-state index >= 15 is 0 Å². The zero-order valence-corrected chi connectivity index (χ0v) is 40.3. The molecule has 8 aromatic rings. The number of allylic oxidation sites excluding steroid dienone is 2. The first-order chi connectivity index (χ1) is 31.6. The predicted molar refractivity (Wildman–Crippen MR) is 268 cm³/mol. The van der Waals surface area contributed by atoms with Gasteiger partial charge in [0.25, 0.3) is 0 Å². The maximum Gasteiger partial charge on any atom is 0.316 e. The Morgan fingerprint density at radius 2 is 0.788 bits per heavy atom. The Kier molecular flexibility index (Phi) is 14.1. The maximum absolute atomic E-state index is 12.9. The van der Waals surface area contributed by atoms with Crippen LogP contribution in [0.2, 0.25) is 0 Å². The minimum atomic E-state index is -0.742. The number of para-hydroxylation sites is 2. The quantitative estimate of drug-likeness (QED) is 0.0837. The van der Waals surface area contributed by atoms with Gasteiger partial charge in [0.15, 0.2) is 11.5 Å². The van der Waals surface area contributed by atoms with Gasteiger partial charge >= 0.3 is 11.9 Å². The third kappa shape index (κ3) is 10.3. The van der Waals surface area contributed by atoms with Crippen molar-refractivity contribution in [3.05, 3.63) is 189 Å². The molecule has 66 heavy (non-hydrogen) atoms. The molecular weight excluding hydrogens is 956 g/mol. The number of halogens is 2. The van der Waals surface area contributed by atoms with Crippen molar-refractivity contribution in [3.63, 3.8) is 0 Å². The van der Waals surface area contributed by atoms with Gasteiger partial charge in [-0.15, -0.1) is 0 Å². The third-order valence-corrected chi connectivity index (χ3v) is 11.3. The van der Waals surface area contributed by atoms with E-state index < -0.39 is 22.8 Å². The summed E-state index contributed by atoms with van der Waals surface area (Å²) in [5.41, 5.74) is 4.37. The van der Waals surface area contributed by atoms with Crippen molar-refractivity contribution in [2.24, 2.45) is 10.8 Å². The topological polar surface area (TPSA) is 126 Å². The Hall–Kier alpha value is -7.24. The number of benzene rings is 6. The van der Waals surface area contributed by atoms with E-state index in [0.717, 1.165) is 30.8 Å². The van der Waals surface area contributed by atoms with E-state index in [1.54, 1.807) is 41.5 Å². The molecular formula is C56H44Br2N2O6. The van der Waals surface area contributed by atoms with Crippen LogP contribution in [0.15, 0.2) is 176 Å². The highest BCUT2D eigenvalue weighted by atomic mass is 79.9. The molecule has 8 rings (SSSR count). The summed E-state index contributed by atoms with van der Waals surface area (Å²) in [5, 5.41) is 22.3. The van der Waals surface area contributed by atoms with Crippen molar-refractivity contribution in [2.45, 2.75) is 41.5 Å². The highest BCUT2D eigenvalue weighted by Gasteiger charge is 2.31. The van der Waals surface area contributed by atoms with Gasteiger partial charge in [-0.1, -0.05) is 153 Å². The van der Waals surface area contributed by atoms with Crippen LogP contribution in [0.1, 0.15) is 63.8 Å². The van der Waals surface area contributed by atoms with Gasteiger partial charge in [0.2, 0.25) is 0 Å². The molecule has 0 amide bonds. The average molecular weight is 1000 g/mol. The lowest BCUT2D eigenvalue weighted by Gasteiger charge is -2.19. The fraction of sp³-hybridized carbons (Fsp3) is 0.143. The van der Waals surface area contributed by atoms with E-state index in [0.29, 0.717) is 44.9 Å². The second-order valence-corrected chi connectivity index (χ2v) is 19.1. The van der Waals surface area contributed by atoms with Crippen molar-refractivity contribution >= 4 is 88.4 Å². The van der Waals surface area contributed by atoms with Gasteiger partial charge in [-0.3, -0.25) is 9.59 Å². The molecule has 0 radical (unpaired) electrons. The number of nitrogens with zero attached hydrogens (tertiary/aromatic N) is 2. The van der Waals surface area contributed by atoms with E-state index in [9.17, 15) is 20.1 Å². The second kappa shape index (κ2) is 19.9. The molecule has 0 aliphatic heterocycles. The van der Waals surface area contributed by atoms with Crippen LogP contribution in [-0.2, 0) is 19.1 Å². The number of carbonyl (C=O) groups excluding carboxylic acids is 2. The molecule has 2 heterocycles. The summed E-state index contributed by atoms with van der Waals surface area (Å²) in [7, 11) is 0. The number of carbonyl (C=O) groups is 2. The van der Waals surface area contributed by atoms with Crippen LogP contribution in [0.5, 0.6) is 0 Å². The summed E-state index contributed by atoms with van der Waals surface area (Å²) in [6, 6.07) is 53.5. The zero-order valence-electron chi connectivity index (χ0n) is 37.1. The van der Waals surface area contributed by atoms with Crippen LogP contribution in [0.4, 0.5) is 0 Å². The summed E-state index contributed by atoms with van der Waals surface area (Å²) in [6.45, 7) is 10.7. The summed E-state index contributed by atoms with van der Waals surface area (Å²) >= 11 is 6.93. The number of fused-ring (bicyclic) bond motifs is 2. The van der Waals surface area contributed by atoms with Crippen LogP contribution in [-0.4, -0.2) is 11.9 Å². The Balaban J connectivity index is 0.000000196. The largest absolute Gasteiger partial charge is 0.455 e. The number of nitriles is 2. The van der Waals surface area contributed by atoms with Crippen molar-refractivity contribution in [1.82, 2.24) is 0 Å². The van der Waals surface area contributed by atoms with Crippen molar-refractivity contribution in [3.8, 4) is 34.8 Å². The Morgan fingerprint density at radius 1 is 0.470 bits per heavy atom. The maximum atomic E-state index is 12.9. The molecule has 0 saturated heterocycles. The Morgan fingerprint density at radius 3 is 1.11 bits per heavy atom. The minimum absolute atomic E-state index is 0.211. The number of hydrogen-bond donors (Lipinski definition) is 0. The van der Waals surface area contributed by atoms with Crippen molar-refractivity contribution in [2.75, 3.05) is 0 Å². The highest BCUT2D eigenvalue weighted by Crippen LogP contribution is 2.43. The lowest BCUT2D eigenvalue weighted by molar-refractivity contribution is -0.146. The average Bonchev–Trinajstić information content (AvgIpc) is 3.89. The van der Waals surface area contributed by atoms with E-state index in [1.807, 2.05) is 158 Å². The zero-order chi connectivity index (χ0) is 47.2. The van der Waals surface area contributed by atoms with E-state index in [-0.39, 0.29) is 22.7 Å². The summed E-state index contributed by atoms with van der Waals surface area (Å²) in [6.07, 6.45) is 0. The lowest BCUT2D eigenvalue weighted by atomic mass is 9.95. The summed E-state index contributed by atoms with van der Waals surface area (Å²) in [5.74, 6) is 0.658. The molecule has 0 fully saturated rings. The first-order valence-electron chi connectivity index (χ1n) is 21.0. The molecule has 328 valence electrons. The molecule has 8 nitrogen and oxygen atoms in total. The van der Waals surface area contributed by atoms with Crippen molar-refractivity contribution in [1.29, 1.82) is 10.5 Å². The predicted octanol–water partition coefficient (Wildman–Crippen LogP) is 15.7. The number of hydrogen-bond acceptors (Lipinski definition) is 8. The number of esters is 2. The first-order valence-corrected chi connectivity index (χ1v) is 22.6. The smallest absolute Gasteiger partial charge is 0.316 e. The van der Waals surface area contributed by atoms with Gasteiger partial charge in [0, 0.05) is 42.0 Å². The third-order valence-electron chi connectivity index (χ3n) is 10.3. The standard InChI is InChI=1S/2C28H22BrNO3/c2*1-28(2,3)27(31)33-25(18-9-5-4-6-10-18)22(17-30)24-21-11-7-8-12-23(21)32-26(24)19-13-15-20(29)16-14-19/h2*4-16H,1-3H3/b2*25-22-. The molecule has 0 spiro atoms. The van der Waals surface area contributed by atoms with Crippen LogP contribution in [0.3, 0.4) is 0 Å². The van der Waals surface area contributed by atoms with Gasteiger partial charge in [0.1, 0.15) is 46.0 Å². The molecule has 6 aromatic carbocycles. The summed E-state index contributed by atoms with van der Waals surface area (Å²) in [4.78, 5) is 25.8. The number of ether oxygens (including phenoxy) is 2. The molecule has 0 saturated carbocycles. The van der Waals surface area contributed by atoms with Crippen LogP contribution in [0.25, 0.3) is 67.3 Å². The molecule has 2 aromatic heterocycles. The minimum Gasteiger partial charge on any atom is -0.455 e. The Labute approximate surface area is 400 Å². The van der Waals surface area contributed by atoms with Gasteiger partial charge in [0.05, 0.1) is 22.0 Å². The molecule has 0 bridgehead atoms. The monoisotopic (exact) mass is 998 g/mol. The fourth-order valence-electron chi connectivity index (χ4n) is 6.82. The lowest BCUT2D eigenvalue weighted by Crippen LogP contribution is -2.22. The second-order valence-electron chi connectivity index (χ2n) is 17.3. The molecule has 10 heteroatoms. The van der Waals surface area contributed by atoms with Gasteiger partial charge in [-0.25, -0.2) is 0 Å². The number of rotatable bonds is 8. The fourth-order valence-corrected chi connectivity index (χ4v) is 7.34. The van der Waals surface area contributed by atoms with Crippen molar-refractivity contribution < 1.29 is 27.9 Å². The van der Waals surface area contributed by atoms with Crippen LogP contribution in [0, 0.1) is 33.5 Å². The molecule has 0 aliphatic carbocycles. The van der Waals surface area contributed by atoms with Crippen LogP contribution >= 0.6 is 31.9 Å². The highest BCUT2D eigenvalue weighted by molar-refractivity contribution is 9.10. The van der Waals surface area contributed by atoms with Crippen LogP contribution < -0.4 is 0 Å². The van der Waals surface area contributed by atoms with E-state index in [4.69, 9.17) is 18.3 Å². The first kappa shape index (κ1) is 46.7. The Bertz CT molecular complexity index is 2990. The SMILES string of the molecule is CC(C)(C)C(=O)O/C(=C(/C#N)c1c(-c2ccc(Br)cc2)oc2ccccc12)c1ccccc1.CC(C)(C)C(=O)O/C(=C(/C#N)c1c(-c2ccc(Br)cc2)oc2ccccc12)c1ccccc1. The van der Waals surface area contributed by atoms with E-state index in [1.165, 1.54) is 0 Å². The molecule has 0 N–H and O–H groups in total. The molecule has 0 unspecified atom stereocenters. The van der Waals surface area contributed by atoms with Gasteiger partial charge in [-0.05, 0) is 77.9 Å². The number of furan rings is 2.